The van der Waals surface area contributed by atoms with E-state index in [4.69, 9.17) is 16.3 Å². The van der Waals surface area contributed by atoms with Gasteiger partial charge in [-0.1, -0.05) is 19.9 Å². The van der Waals surface area contributed by atoms with Crippen LogP contribution < -0.4 is 4.74 Å². The van der Waals surface area contributed by atoms with E-state index in [0.717, 1.165) is 19.1 Å². The maximum atomic E-state index is 15.3. The summed E-state index contributed by atoms with van der Waals surface area (Å²) in [6, 6.07) is 1.72. The van der Waals surface area contributed by atoms with Crippen LogP contribution in [0.2, 0.25) is 0 Å². The first-order chi connectivity index (χ1) is 22.1. The van der Waals surface area contributed by atoms with E-state index >= 15 is 4.39 Å². The molecule has 0 unspecified atom stereocenters. The van der Waals surface area contributed by atoms with Crippen molar-refractivity contribution >= 4 is 6.09 Å². The van der Waals surface area contributed by atoms with Crippen molar-refractivity contribution in [1.29, 1.82) is 0 Å². The van der Waals surface area contributed by atoms with Gasteiger partial charge >= 0.3 is 24.6 Å². The minimum atomic E-state index is -5.29. The van der Waals surface area contributed by atoms with Crippen molar-refractivity contribution in [3.05, 3.63) is 87.7 Å². The second-order valence-electron chi connectivity index (χ2n) is 10.2. The number of benzene rings is 3. The van der Waals surface area contributed by atoms with Gasteiger partial charge in [0.1, 0.15) is 17.7 Å². The lowest BCUT2D eigenvalue weighted by Gasteiger charge is -2.25. The van der Waals surface area contributed by atoms with E-state index in [1.54, 1.807) is 0 Å². The lowest BCUT2D eigenvalue weighted by Crippen LogP contribution is -2.32. The van der Waals surface area contributed by atoms with Gasteiger partial charge in [-0.05, 0) is 72.0 Å². The summed E-state index contributed by atoms with van der Waals surface area (Å²) < 4.78 is 189. The van der Waals surface area contributed by atoms with Crippen LogP contribution in [0.15, 0.2) is 48.5 Å². The summed E-state index contributed by atoms with van der Waals surface area (Å²) in [5.41, 5.74) is -8.21. The average Bonchev–Trinajstić information content (AvgIpc) is 3.25. The summed E-state index contributed by atoms with van der Waals surface area (Å²) in [4.78, 5) is 13.4. The van der Waals surface area contributed by atoms with Crippen molar-refractivity contribution in [2.75, 3.05) is 7.04 Å². The third-order valence-corrected chi connectivity index (χ3v) is 6.91. The Morgan fingerprint density at radius 3 is 2.02 bits per heavy atom. The van der Waals surface area contributed by atoms with Crippen LogP contribution in [-0.2, 0) is 29.8 Å². The van der Waals surface area contributed by atoms with E-state index in [1.165, 1.54) is 13.8 Å². The van der Waals surface area contributed by atoms with Crippen LogP contribution in [-0.4, -0.2) is 24.1 Å². The van der Waals surface area contributed by atoms with Gasteiger partial charge in [0, 0.05) is 11.1 Å². The number of cyclic esters (lactones) is 1. The molecule has 0 N–H and O–H groups in total. The molecule has 1 saturated heterocycles. The molecule has 1 aliphatic rings. The Morgan fingerprint density at radius 2 is 1.50 bits per heavy atom. The van der Waals surface area contributed by atoms with E-state index in [0.29, 0.717) is 12.1 Å². The highest BCUT2D eigenvalue weighted by atomic mass is 19.4. The number of ether oxygens (including phenoxy) is 2. The van der Waals surface area contributed by atoms with Gasteiger partial charge in [0.15, 0.2) is 0 Å². The van der Waals surface area contributed by atoms with Gasteiger partial charge in [-0.15, -0.1) is 0 Å². The molecule has 3 aromatic carbocycles. The van der Waals surface area contributed by atoms with Gasteiger partial charge in [0.05, 0.1) is 43.1 Å². The number of nitrogens with zero attached hydrogens (tertiary/aromatic N) is 1. The van der Waals surface area contributed by atoms with Crippen molar-refractivity contribution in [2.24, 2.45) is 0 Å². The molecule has 0 radical (unpaired) electrons. The summed E-state index contributed by atoms with van der Waals surface area (Å²) in [5, 5.41) is 0. The zero-order chi connectivity index (χ0) is 37.2. The molecule has 0 aromatic heterocycles. The maximum absolute atomic E-state index is 15.3. The van der Waals surface area contributed by atoms with E-state index in [1.807, 2.05) is 0 Å². The lowest BCUT2D eigenvalue weighted by atomic mass is 9.88. The predicted molar refractivity (Wildman–Crippen MR) is 138 cm³/mol. The first kappa shape index (κ1) is 26.4. The Hall–Kier alpha value is -3.97. The molecule has 3 aromatic rings. The van der Waals surface area contributed by atoms with Crippen molar-refractivity contribution in [1.82, 2.24) is 4.90 Å². The highest BCUT2D eigenvalue weighted by molar-refractivity contribution is 5.79. The number of halogens is 10. The van der Waals surface area contributed by atoms with Crippen LogP contribution in [0.1, 0.15) is 73.0 Å². The monoisotopic (exact) mass is 642 g/mol. The van der Waals surface area contributed by atoms with E-state index in [9.17, 15) is 44.3 Å². The standard InChI is InChI=1S/C30H25F10NO3/c1-14(2)24-22(31)7-8-23(43-4)25(24)21-6-5-18(28(32,33)34)11-17(21)13-41-15(3)26(44-27(41)42)16-9-19(29(35,36)37)12-20(10-16)30(38,39)40/h5-12,14-15,26H,13H2,1-4H3/t15-,26-/m0/s1/i4D3,13D2. The number of methoxy groups -OCH3 is 1. The smallest absolute Gasteiger partial charge is 0.416 e. The quantitative estimate of drug-likeness (QED) is 0.252. The number of carbonyl (C=O) groups excluding carboxylic acids is 1. The number of carbonyl (C=O) groups is 1. The molecule has 4 rings (SSSR count). The SMILES string of the molecule is [2H]C([2H])([2H])Oc1ccc(F)c(C(C)C)c1-c1ccc(C(F)(F)F)cc1C([2H])([2H])N1C(=O)O[C@H](c2cc(C(F)(F)F)cc(C(F)(F)F)c2)[C@@H]1C. The zero-order valence-electron chi connectivity index (χ0n) is 27.8. The summed E-state index contributed by atoms with van der Waals surface area (Å²) in [6.45, 7) is 0.440. The topological polar surface area (TPSA) is 38.8 Å². The van der Waals surface area contributed by atoms with Gasteiger partial charge in [0.25, 0.3) is 0 Å². The molecule has 4 nitrogen and oxygen atoms in total. The first-order valence-corrected chi connectivity index (χ1v) is 12.7. The maximum Gasteiger partial charge on any atom is 0.416 e. The zero-order valence-corrected chi connectivity index (χ0v) is 22.8. The molecule has 0 bridgehead atoms. The van der Waals surface area contributed by atoms with Gasteiger partial charge in [-0.25, -0.2) is 9.18 Å². The van der Waals surface area contributed by atoms with E-state index in [2.05, 4.69) is 0 Å². The Bertz CT molecular complexity index is 1720. The van der Waals surface area contributed by atoms with Crippen LogP contribution >= 0.6 is 0 Å². The average molecular weight is 643 g/mol. The Labute approximate surface area is 252 Å². The van der Waals surface area contributed by atoms with Crippen LogP contribution in [0.25, 0.3) is 11.1 Å². The van der Waals surface area contributed by atoms with Gasteiger partial charge in [-0.3, -0.25) is 4.90 Å². The van der Waals surface area contributed by atoms with Crippen molar-refractivity contribution in [3.8, 4) is 16.9 Å². The Kier molecular flexibility index (Phi) is 6.91. The fourth-order valence-corrected chi connectivity index (χ4v) is 4.87. The predicted octanol–water partition coefficient (Wildman–Crippen LogP) is 9.76. The normalized spacial score (nSPS) is 20.1. The fourth-order valence-electron chi connectivity index (χ4n) is 4.87. The second-order valence-corrected chi connectivity index (χ2v) is 10.2. The highest BCUT2D eigenvalue weighted by Gasteiger charge is 2.44. The molecule has 1 fully saturated rings. The molecule has 14 heteroatoms. The minimum Gasteiger partial charge on any atom is -0.496 e. The van der Waals surface area contributed by atoms with E-state index < -0.39 is 107 Å². The minimum absolute atomic E-state index is 0.179. The number of amides is 1. The molecule has 1 aliphatic heterocycles. The molecular weight excluding hydrogens is 612 g/mol. The summed E-state index contributed by atoms with van der Waals surface area (Å²) in [5.74, 6) is -2.39. The van der Waals surface area contributed by atoms with E-state index in [-0.39, 0.29) is 34.7 Å². The first-order valence-electron chi connectivity index (χ1n) is 15.2. The largest absolute Gasteiger partial charge is 0.496 e. The molecule has 44 heavy (non-hydrogen) atoms. The summed E-state index contributed by atoms with van der Waals surface area (Å²) in [7, 11) is -3.19. The Morgan fingerprint density at radius 1 is 0.909 bits per heavy atom. The summed E-state index contributed by atoms with van der Waals surface area (Å²) in [6.07, 6.45) is -19.4. The van der Waals surface area contributed by atoms with Crippen LogP contribution in [0.4, 0.5) is 48.7 Å². The molecule has 238 valence electrons. The van der Waals surface area contributed by atoms with Crippen LogP contribution in [0.3, 0.4) is 0 Å². The number of hydrogen-bond acceptors (Lipinski definition) is 3. The number of hydrogen-bond donors (Lipinski definition) is 0. The fraction of sp³-hybridized carbons (Fsp3) is 0.367. The van der Waals surface area contributed by atoms with Gasteiger partial charge in [0.2, 0.25) is 0 Å². The second kappa shape index (κ2) is 11.5. The molecular formula is C30H25F10NO3. The van der Waals surface area contributed by atoms with Crippen molar-refractivity contribution in [2.45, 2.75) is 63.9 Å². The molecule has 0 saturated carbocycles. The molecule has 1 heterocycles. The van der Waals surface area contributed by atoms with Crippen LogP contribution in [0.5, 0.6) is 5.75 Å². The van der Waals surface area contributed by atoms with Crippen molar-refractivity contribution in [3.63, 3.8) is 0 Å². The highest BCUT2D eigenvalue weighted by Crippen LogP contribution is 2.45. The third kappa shape index (κ3) is 6.43. The third-order valence-electron chi connectivity index (χ3n) is 6.91. The molecule has 0 aliphatic carbocycles. The number of rotatable bonds is 6. The molecule has 1 amide bonds. The lowest BCUT2D eigenvalue weighted by molar-refractivity contribution is -0.143. The van der Waals surface area contributed by atoms with Gasteiger partial charge in [-0.2, -0.15) is 39.5 Å². The van der Waals surface area contributed by atoms with Crippen LogP contribution in [0, 0.1) is 5.82 Å². The Balaban J connectivity index is 1.98. The number of alkyl halides is 9. The summed E-state index contributed by atoms with van der Waals surface area (Å²) >= 11 is 0. The molecule has 2 atom stereocenters. The van der Waals surface area contributed by atoms with Gasteiger partial charge < -0.3 is 9.47 Å². The molecule has 0 spiro atoms. The van der Waals surface area contributed by atoms with Crippen molar-refractivity contribution < 1.29 is 65.0 Å².